The summed E-state index contributed by atoms with van der Waals surface area (Å²) in [6.07, 6.45) is 3.64. The maximum atomic E-state index is 6.67. The molecule has 0 bridgehead atoms. The van der Waals surface area contributed by atoms with Gasteiger partial charge in [0, 0.05) is 56.2 Å². The zero-order valence-corrected chi connectivity index (χ0v) is 30.1. The van der Waals surface area contributed by atoms with Gasteiger partial charge in [0.2, 0.25) is 0 Å². The molecule has 56 heavy (non-hydrogen) atoms. The van der Waals surface area contributed by atoms with Crippen LogP contribution in [0.3, 0.4) is 0 Å². The van der Waals surface area contributed by atoms with Gasteiger partial charge in [-0.3, -0.25) is 4.98 Å². The maximum absolute atomic E-state index is 6.67. The Bertz CT molecular complexity index is 3240. The van der Waals surface area contributed by atoms with E-state index in [1.165, 1.54) is 0 Å². The molecule has 0 atom stereocenters. The summed E-state index contributed by atoms with van der Waals surface area (Å²) in [5.41, 5.74) is 14.7. The number of para-hydroxylation sites is 2. The number of hydrogen-bond acceptors (Lipinski definition) is 5. The zero-order chi connectivity index (χ0) is 37.0. The van der Waals surface area contributed by atoms with Crippen LogP contribution in [0.2, 0.25) is 0 Å². The number of pyridine rings is 1. The van der Waals surface area contributed by atoms with Gasteiger partial charge in [-0.1, -0.05) is 121 Å². The number of fused-ring (bicyclic) bond motifs is 6. The van der Waals surface area contributed by atoms with Crippen LogP contribution < -0.4 is 0 Å². The van der Waals surface area contributed by atoms with Gasteiger partial charge < -0.3 is 8.83 Å². The van der Waals surface area contributed by atoms with E-state index in [0.717, 1.165) is 105 Å². The van der Waals surface area contributed by atoms with Crippen LogP contribution >= 0.6 is 0 Å². The van der Waals surface area contributed by atoms with E-state index in [0.29, 0.717) is 5.82 Å². The second kappa shape index (κ2) is 13.0. The summed E-state index contributed by atoms with van der Waals surface area (Å²) in [6.45, 7) is 0. The van der Waals surface area contributed by atoms with Crippen LogP contribution in [0.15, 0.2) is 197 Å². The van der Waals surface area contributed by atoms with Crippen molar-refractivity contribution in [2.24, 2.45) is 0 Å². The quantitative estimate of drug-likeness (QED) is 0.171. The number of furan rings is 2. The highest BCUT2D eigenvalue weighted by atomic mass is 16.3. The van der Waals surface area contributed by atoms with Crippen LogP contribution in [0.4, 0.5) is 0 Å². The molecule has 0 aliphatic rings. The lowest BCUT2D eigenvalue weighted by molar-refractivity contribution is 0.668. The van der Waals surface area contributed by atoms with Crippen molar-refractivity contribution in [3.63, 3.8) is 0 Å². The van der Waals surface area contributed by atoms with E-state index in [9.17, 15) is 0 Å². The molecule has 0 aliphatic carbocycles. The van der Waals surface area contributed by atoms with E-state index < -0.39 is 0 Å². The summed E-state index contributed by atoms with van der Waals surface area (Å²) >= 11 is 0. The van der Waals surface area contributed by atoms with Crippen molar-refractivity contribution < 1.29 is 8.83 Å². The van der Waals surface area contributed by atoms with Gasteiger partial charge in [0.05, 0.1) is 11.4 Å². The predicted octanol–water partition coefficient (Wildman–Crippen LogP) is 13.7. The third kappa shape index (κ3) is 5.45. The monoisotopic (exact) mass is 717 g/mol. The molecule has 11 aromatic rings. The molecule has 0 N–H and O–H groups in total. The predicted molar refractivity (Wildman–Crippen MR) is 227 cm³/mol. The summed E-state index contributed by atoms with van der Waals surface area (Å²) in [6, 6.07) is 60.7. The Hall–Kier alpha value is -7.63. The molecule has 0 amide bonds. The fourth-order valence-electron chi connectivity index (χ4n) is 7.87. The van der Waals surface area contributed by atoms with Gasteiger partial charge in [-0.15, -0.1) is 0 Å². The molecule has 0 spiro atoms. The number of aromatic nitrogens is 3. The molecule has 5 nitrogen and oxygen atoms in total. The molecule has 262 valence electrons. The topological polar surface area (TPSA) is 65.0 Å². The van der Waals surface area contributed by atoms with Crippen LogP contribution in [-0.4, -0.2) is 15.0 Å². The molecule has 0 aliphatic heterocycles. The molecule has 0 fully saturated rings. The minimum absolute atomic E-state index is 0.665. The number of benzene rings is 7. The Morgan fingerprint density at radius 2 is 0.964 bits per heavy atom. The lowest BCUT2D eigenvalue weighted by atomic mass is 9.93. The lowest BCUT2D eigenvalue weighted by Gasteiger charge is -2.12. The first-order chi connectivity index (χ1) is 27.7. The number of nitrogens with zero attached hydrogens (tertiary/aromatic N) is 3. The van der Waals surface area contributed by atoms with E-state index in [-0.39, 0.29) is 0 Å². The third-order valence-electron chi connectivity index (χ3n) is 10.6. The molecular formula is C51H31N3O2. The molecule has 0 radical (unpaired) electrons. The van der Waals surface area contributed by atoms with Gasteiger partial charge in [0.15, 0.2) is 5.82 Å². The van der Waals surface area contributed by atoms with E-state index in [4.69, 9.17) is 18.8 Å². The maximum Gasteiger partial charge on any atom is 0.160 e. The van der Waals surface area contributed by atoms with Crippen LogP contribution in [-0.2, 0) is 0 Å². The highest BCUT2D eigenvalue weighted by molar-refractivity contribution is 6.17. The van der Waals surface area contributed by atoms with E-state index in [2.05, 4.69) is 126 Å². The molecule has 0 unspecified atom stereocenters. The zero-order valence-electron chi connectivity index (χ0n) is 30.1. The number of hydrogen-bond donors (Lipinski definition) is 0. The molecule has 4 aromatic heterocycles. The van der Waals surface area contributed by atoms with Gasteiger partial charge in [-0.05, 0) is 82.4 Å². The SMILES string of the molecule is c1ccc(-c2cc(-c3cccc(-c4ccncc4)c3)nc(-c3ccc(-c4ccc(-c5ccc6oc7ccccc7c6c5)c5oc6ccccc6c45)cc3)n2)cc1. The second-order valence-electron chi connectivity index (χ2n) is 14.0. The van der Waals surface area contributed by atoms with Gasteiger partial charge in [0.25, 0.3) is 0 Å². The number of rotatable bonds is 6. The Labute approximate surface area is 322 Å². The fourth-order valence-corrected chi connectivity index (χ4v) is 7.87. The Morgan fingerprint density at radius 1 is 0.339 bits per heavy atom. The standard InChI is InChI=1S/C51H31N3O2/c1-2-9-34(10-3-1)44-31-45(38-12-8-11-36(29-38)32-25-27-52-28-26-32)54-51(53-44)35-19-17-33(18-20-35)39-22-23-40(50-49(39)42-14-5-7-16-47(42)56-50)37-21-24-48-43(30-37)41-13-4-6-15-46(41)55-48/h1-31H. The van der Waals surface area contributed by atoms with Crippen molar-refractivity contribution in [3.8, 4) is 67.3 Å². The average Bonchev–Trinajstić information content (AvgIpc) is 3.85. The minimum Gasteiger partial charge on any atom is -0.456 e. The van der Waals surface area contributed by atoms with Crippen molar-refractivity contribution in [2.45, 2.75) is 0 Å². The van der Waals surface area contributed by atoms with E-state index >= 15 is 0 Å². The summed E-state index contributed by atoms with van der Waals surface area (Å²) in [4.78, 5) is 14.5. The summed E-state index contributed by atoms with van der Waals surface area (Å²) in [7, 11) is 0. The Kier molecular flexibility index (Phi) is 7.42. The van der Waals surface area contributed by atoms with Crippen molar-refractivity contribution in [3.05, 3.63) is 188 Å². The van der Waals surface area contributed by atoms with Crippen molar-refractivity contribution in [2.75, 3.05) is 0 Å². The minimum atomic E-state index is 0.665. The first kappa shape index (κ1) is 31.9. The van der Waals surface area contributed by atoms with Crippen LogP contribution in [0.25, 0.3) is 111 Å². The van der Waals surface area contributed by atoms with Gasteiger partial charge in [0.1, 0.15) is 22.3 Å². The van der Waals surface area contributed by atoms with Crippen LogP contribution in [0.1, 0.15) is 0 Å². The normalized spacial score (nSPS) is 11.6. The third-order valence-corrected chi connectivity index (χ3v) is 10.6. The van der Waals surface area contributed by atoms with Crippen LogP contribution in [0.5, 0.6) is 0 Å². The molecular weight excluding hydrogens is 687 g/mol. The summed E-state index contributed by atoms with van der Waals surface area (Å²) < 4.78 is 12.8. The first-order valence-electron chi connectivity index (χ1n) is 18.7. The van der Waals surface area contributed by atoms with E-state index in [1.807, 2.05) is 67.0 Å². The smallest absolute Gasteiger partial charge is 0.160 e. The largest absolute Gasteiger partial charge is 0.456 e. The Morgan fingerprint density at radius 3 is 1.79 bits per heavy atom. The summed E-state index contributed by atoms with van der Waals surface area (Å²) in [5, 5.41) is 4.36. The average molecular weight is 718 g/mol. The fraction of sp³-hybridized carbons (Fsp3) is 0. The molecule has 7 aromatic carbocycles. The van der Waals surface area contributed by atoms with Crippen molar-refractivity contribution >= 4 is 43.9 Å². The van der Waals surface area contributed by atoms with Crippen molar-refractivity contribution in [1.82, 2.24) is 15.0 Å². The van der Waals surface area contributed by atoms with Crippen molar-refractivity contribution in [1.29, 1.82) is 0 Å². The first-order valence-corrected chi connectivity index (χ1v) is 18.7. The molecule has 0 saturated carbocycles. The molecule has 0 saturated heterocycles. The highest BCUT2D eigenvalue weighted by Crippen LogP contribution is 2.43. The Balaban J connectivity index is 1.02. The molecule has 5 heteroatoms. The summed E-state index contributed by atoms with van der Waals surface area (Å²) in [5.74, 6) is 0.665. The van der Waals surface area contributed by atoms with Crippen LogP contribution in [0, 0.1) is 0 Å². The lowest BCUT2D eigenvalue weighted by Crippen LogP contribution is -1.96. The highest BCUT2D eigenvalue weighted by Gasteiger charge is 2.19. The van der Waals surface area contributed by atoms with Gasteiger partial charge in [-0.25, -0.2) is 9.97 Å². The van der Waals surface area contributed by atoms with E-state index in [1.54, 1.807) is 0 Å². The van der Waals surface area contributed by atoms with Gasteiger partial charge >= 0.3 is 0 Å². The molecule has 11 rings (SSSR count). The molecule has 4 heterocycles. The van der Waals surface area contributed by atoms with Gasteiger partial charge in [-0.2, -0.15) is 0 Å². The second-order valence-corrected chi connectivity index (χ2v) is 14.0.